The van der Waals surface area contributed by atoms with Crippen LogP contribution >= 0.6 is 0 Å². The van der Waals surface area contributed by atoms with E-state index in [1.54, 1.807) is 20.8 Å². The molecule has 1 aliphatic heterocycles. The Morgan fingerprint density at radius 3 is 2.41 bits per heavy atom. The van der Waals surface area contributed by atoms with Crippen molar-refractivity contribution in [3.63, 3.8) is 0 Å². The number of amides is 2. The molecule has 1 aromatic rings. The van der Waals surface area contributed by atoms with Gasteiger partial charge in [-0.2, -0.15) is 0 Å². The molecule has 1 saturated heterocycles. The number of piperidine rings is 1. The Hall–Kier alpha value is -2.08. The van der Waals surface area contributed by atoms with Gasteiger partial charge in [0.05, 0.1) is 0 Å². The minimum atomic E-state index is -0.659. The number of alkyl carbamates (subject to hydrolysis) is 1. The number of benzene rings is 1. The van der Waals surface area contributed by atoms with Gasteiger partial charge in [-0.1, -0.05) is 30.3 Å². The number of carbonyl (C=O) groups excluding carboxylic acids is 2. The molecule has 1 aromatic carbocycles. The van der Waals surface area contributed by atoms with Crippen LogP contribution in [-0.4, -0.2) is 55.2 Å². The van der Waals surface area contributed by atoms with Crippen LogP contribution in [0.15, 0.2) is 30.3 Å². The molecule has 0 aromatic heterocycles. The van der Waals surface area contributed by atoms with Crippen LogP contribution in [0.1, 0.15) is 39.2 Å². The van der Waals surface area contributed by atoms with Gasteiger partial charge in [0.2, 0.25) is 5.91 Å². The summed E-state index contributed by atoms with van der Waals surface area (Å²) in [6.45, 7) is 8.18. The second-order valence-electron chi connectivity index (χ2n) is 8.38. The van der Waals surface area contributed by atoms with Crippen LogP contribution in [0.5, 0.6) is 0 Å². The molecule has 2 rings (SSSR count). The molecule has 1 fully saturated rings. The van der Waals surface area contributed by atoms with E-state index in [9.17, 15) is 9.59 Å². The lowest BCUT2D eigenvalue weighted by atomic mass is 9.97. The Labute approximate surface area is 162 Å². The predicted octanol–water partition coefficient (Wildman–Crippen LogP) is 2.58. The quantitative estimate of drug-likeness (QED) is 0.802. The first-order valence-corrected chi connectivity index (χ1v) is 9.72. The summed E-state index contributed by atoms with van der Waals surface area (Å²) in [4.78, 5) is 27.3. The Balaban J connectivity index is 1.95. The van der Waals surface area contributed by atoms with Crippen molar-refractivity contribution in [2.75, 3.05) is 26.7 Å². The fourth-order valence-corrected chi connectivity index (χ4v) is 3.14. The van der Waals surface area contributed by atoms with E-state index in [4.69, 9.17) is 4.74 Å². The minimum absolute atomic E-state index is 0.163. The molecule has 27 heavy (non-hydrogen) atoms. The molecule has 0 saturated carbocycles. The number of hydrogen-bond acceptors (Lipinski definition) is 4. The van der Waals surface area contributed by atoms with Crippen LogP contribution in [0.25, 0.3) is 0 Å². The second kappa shape index (κ2) is 9.74. The van der Waals surface area contributed by atoms with Crippen molar-refractivity contribution in [1.29, 1.82) is 0 Å². The van der Waals surface area contributed by atoms with E-state index in [-0.39, 0.29) is 5.91 Å². The predicted molar refractivity (Wildman–Crippen MR) is 107 cm³/mol. The van der Waals surface area contributed by atoms with Gasteiger partial charge in [0.25, 0.3) is 0 Å². The first-order valence-electron chi connectivity index (χ1n) is 9.72. The molecule has 150 valence electrons. The molecule has 2 amide bonds. The zero-order chi connectivity index (χ0) is 19.9. The Bertz CT molecular complexity index is 605. The molecule has 0 aliphatic carbocycles. The van der Waals surface area contributed by atoms with Gasteiger partial charge in [-0.25, -0.2) is 4.79 Å². The monoisotopic (exact) mass is 375 g/mol. The average Bonchev–Trinajstić information content (AvgIpc) is 2.59. The minimum Gasteiger partial charge on any atom is -0.444 e. The summed E-state index contributed by atoms with van der Waals surface area (Å²) in [5, 5.41) is 5.76. The van der Waals surface area contributed by atoms with Crippen LogP contribution in [-0.2, 0) is 16.0 Å². The van der Waals surface area contributed by atoms with Crippen molar-refractivity contribution in [2.24, 2.45) is 5.92 Å². The molecular formula is C21H33N3O3. The normalized spacial score (nSPS) is 17.2. The van der Waals surface area contributed by atoms with Gasteiger partial charge in [-0.15, -0.1) is 0 Å². The molecule has 1 atom stereocenters. The van der Waals surface area contributed by atoms with Crippen molar-refractivity contribution < 1.29 is 14.3 Å². The van der Waals surface area contributed by atoms with Gasteiger partial charge in [0.15, 0.2) is 0 Å². The van der Waals surface area contributed by atoms with E-state index in [1.165, 1.54) is 0 Å². The Morgan fingerprint density at radius 1 is 1.19 bits per heavy atom. The summed E-state index contributed by atoms with van der Waals surface area (Å²) in [5.74, 6) is 0.327. The van der Waals surface area contributed by atoms with Crippen LogP contribution in [0, 0.1) is 5.92 Å². The molecule has 0 spiro atoms. The number of nitrogens with zero attached hydrogens (tertiary/aromatic N) is 1. The molecular weight excluding hydrogens is 342 g/mol. The van der Waals surface area contributed by atoms with E-state index in [2.05, 4.69) is 22.6 Å². The topological polar surface area (TPSA) is 70.7 Å². The van der Waals surface area contributed by atoms with Gasteiger partial charge < -0.3 is 20.3 Å². The molecule has 6 nitrogen and oxygen atoms in total. The molecule has 1 unspecified atom stereocenters. The van der Waals surface area contributed by atoms with Gasteiger partial charge >= 0.3 is 6.09 Å². The Morgan fingerprint density at radius 2 is 1.81 bits per heavy atom. The number of ether oxygens (including phenoxy) is 1. The number of likely N-dealkylation sites (tertiary alicyclic amines) is 1. The van der Waals surface area contributed by atoms with Crippen LogP contribution in [0.4, 0.5) is 4.79 Å². The lowest BCUT2D eigenvalue weighted by Crippen LogP contribution is -2.50. The summed E-state index contributed by atoms with van der Waals surface area (Å²) in [6.07, 6.45) is 2.02. The first-order chi connectivity index (χ1) is 12.7. The van der Waals surface area contributed by atoms with Crippen LogP contribution < -0.4 is 10.6 Å². The Kier molecular flexibility index (Phi) is 7.66. The lowest BCUT2D eigenvalue weighted by molar-refractivity contribution is -0.123. The summed E-state index contributed by atoms with van der Waals surface area (Å²) < 4.78 is 5.33. The first kappa shape index (κ1) is 21.2. The van der Waals surface area contributed by atoms with Gasteiger partial charge in [0.1, 0.15) is 11.6 Å². The highest BCUT2D eigenvalue weighted by molar-refractivity contribution is 5.86. The number of hydrogen-bond donors (Lipinski definition) is 2. The molecule has 0 bridgehead atoms. The number of carbonyl (C=O) groups is 2. The van der Waals surface area contributed by atoms with Crippen molar-refractivity contribution in [3.05, 3.63) is 35.9 Å². The highest BCUT2D eigenvalue weighted by atomic mass is 16.6. The van der Waals surface area contributed by atoms with Crippen molar-refractivity contribution >= 4 is 12.0 Å². The highest BCUT2D eigenvalue weighted by Crippen LogP contribution is 2.15. The highest BCUT2D eigenvalue weighted by Gasteiger charge is 2.25. The molecule has 0 radical (unpaired) electrons. The summed E-state index contributed by atoms with van der Waals surface area (Å²) in [5.41, 5.74) is 0.388. The average molecular weight is 376 g/mol. The third kappa shape index (κ3) is 7.99. The molecule has 6 heteroatoms. The van der Waals surface area contributed by atoms with Gasteiger partial charge in [0, 0.05) is 13.0 Å². The largest absolute Gasteiger partial charge is 0.444 e. The van der Waals surface area contributed by atoms with Crippen LogP contribution in [0.3, 0.4) is 0 Å². The van der Waals surface area contributed by atoms with Gasteiger partial charge in [-0.3, -0.25) is 4.79 Å². The third-order valence-electron chi connectivity index (χ3n) is 4.69. The van der Waals surface area contributed by atoms with Crippen molar-refractivity contribution in [1.82, 2.24) is 15.5 Å². The zero-order valence-electron chi connectivity index (χ0n) is 17.0. The maximum atomic E-state index is 12.8. The van der Waals surface area contributed by atoms with Gasteiger partial charge in [-0.05, 0) is 65.2 Å². The number of rotatable bonds is 6. The third-order valence-corrected chi connectivity index (χ3v) is 4.69. The van der Waals surface area contributed by atoms with E-state index >= 15 is 0 Å². The van der Waals surface area contributed by atoms with E-state index in [0.29, 0.717) is 18.9 Å². The van der Waals surface area contributed by atoms with Crippen molar-refractivity contribution in [3.8, 4) is 0 Å². The zero-order valence-corrected chi connectivity index (χ0v) is 17.0. The second-order valence-corrected chi connectivity index (χ2v) is 8.38. The summed E-state index contributed by atoms with van der Waals surface area (Å²) >= 11 is 0. The summed E-state index contributed by atoms with van der Waals surface area (Å²) in [7, 11) is 2.12. The maximum Gasteiger partial charge on any atom is 0.408 e. The smallest absolute Gasteiger partial charge is 0.408 e. The fraction of sp³-hybridized carbons (Fsp3) is 0.619. The summed E-state index contributed by atoms with van der Waals surface area (Å²) in [6, 6.07) is 9.03. The van der Waals surface area contributed by atoms with E-state index in [0.717, 1.165) is 31.5 Å². The fourth-order valence-electron chi connectivity index (χ4n) is 3.14. The molecule has 2 N–H and O–H groups in total. The standard InChI is InChI=1S/C21H33N3O3/c1-21(2,3)27-20(26)23-18(14-16-8-6-5-7-9-16)19(25)22-15-17-10-12-24(4)13-11-17/h5-9,17-18H,10-15H2,1-4H3,(H,22,25)(H,23,26). The molecule has 1 heterocycles. The van der Waals surface area contributed by atoms with E-state index in [1.807, 2.05) is 30.3 Å². The van der Waals surface area contributed by atoms with Crippen LogP contribution in [0.2, 0.25) is 0 Å². The van der Waals surface area contributed by atoms with E-state index < -0.39 is 17.7 Å². The SMILES string of the molecule is CN1CCC(CNC(=O)C(Cc2ccccc2)NC(=O)OC(C)(C)C)CC1. The number of nitrogens with one attached hydrogen (secondary N) is 2. The molecule has 1 aliphatic rings. The van der Waals surface area contributed by atoms with Crippen molar-refractivity contribution in [2.45, 2.75) is 51.7 Å². The maximum absolute atomic E-state index is 12.8. The lowest BCUT2D eigenvalue weighted by Gasteiger charge is -2.29.